The second kappa shape index (κ2) is 7.84. The van der Waals surface area contributed by atoms with E-state index in [1.807, 2.05) is 54.4 Å². The van der Waals surface area contributed by atoms with Crippen molar-refractivity contribution in [2.75, 3.05) is 20.7 Å². The number of rotatable bonds is 3. The highest BCUT2D eigenvalue weighted by atomic mass is 16.5. The van der Waals surface area contributed by atoms with E-state index in [-0.39, 0.29) is 11.5 Å². The van der Waals surface area contributed by atoms with E-state index in [2.05, 4.69) is 11.4 Å². The van der Waals surface area contributed by atoms with E-state index in [4.69, 9.17) is 9.47 Å². The van der Waals surface area contributed by atoms with Crippen molar-refractivity contribution in [3.8, 4) is 11.5 Å². The number of para-hydroxylation sites is 1. The van der Waals surface area contributed by atoms with Crippen LogP contribution in [0.5, 0.6) is 11.5 Å². The standard InChI is InChI=1S/C23H28N2O3/c1-24-19-10-12-23(13-11-19)16-25(15-18-6-3-4-9-21(18)28-23)22(26)17-7-5-8-20(14-17)27-2/h3-9,14,19,24H,10-13,15-16H2,1-2H3. The second-order valence-electron chi connectivity index (χ2n) is 7.85. The van der Waals surface area contributed by atoms with Gasteiger partial charge in [-0.25, -0.2) is 0 Å². The van der Waals surface area contributed by atoms with Gasteiger partial charge in [-0.1, -0.05) is 24.3 Å². The smallest absolute Gasteiger partial charge is 0.254 e. The quantitative estimate of drug-likeness (QED) is 0.883. The van der Waals surface area contributed by atoms with Crippen molar-refractivity contribution in [1.29, 1.82) is 0 Å². The summed E-state index contributed by atoms with van der Waals surface area (Å²) in [5.41, 5.74) is 1.39. The Morgan fingerprint density at radius 1 is 1.18 bits per heavy atom. The molecule has 0 bridgehead atoms. The number of ether oxygens (including phenoxy) is 2. The maximum Gasteiger partial charge on any atom is 0.254 e. The zero-order chi connectivity index (χ0) is 19.6. The number of hydrogen-bond donors (Lipinski definition) is 1. The molecule has 0 atom stereocenters. The number of hydrogen-bond acceptors (Lipinski definition) is 4. The van der Waals surface area contributed by atoms with Crippen LogP contribution in [0, 0.1) is 0 Å². The minimum atomic E-state index is -0.325. The number of methoxy groups -OCH3 is 1. The first-order chi connectivity index (χ1) is 13.6. The van der Waals surface area contributed by atoms with Crippen molar-refractivity contribution >= 4 is 5.91 Å². The fraction of sp³-hybridized carbons (Fsp3) is 0.435. The summed E-state index contributed by atoms with van der Waals surface area (Å²) in [5, 5.41) is 3.38. The van der Waals surface area contributed by atoms with Crippen molar-refractivity contribution in [3.63, 3.8) is 0 Å². The van der Waals surface area contributed by atoms with E-state index < -0.39 is 0 Å². The Morgan fingerprint density at radius 2 is 1.96 bits per heavy atom. The Hall–Kier alpha value is -2.53. The number of benzene rings is 2. The Labute approximate surface area is 166 Å². The molecule has 2 aromatic carbocycles. The summed E-state index contributed by atoms with van der Waals surface area (Å²) in [7, 11) is 3.64. The Morgan fingerprint density at radius 3 is 2.71 bits per heavy atom. The van der Waals surface area contributed by atoms with Crippen LogP contribution in [0.2, 0.25) is 0 Å². The fourth-order valence-electron chi connectivity index (χ4n) is 4.38. The molecule has 1 fully saturated rings. The molecule has 2 aromatic rings. The topological polar surface area (TPSA) is 50.8 Å². The molecule has 2 aliphatic rings. The molecule has 1 saturated carbocycles. The zero-order valence-electron chi connectivity index (χ0n) is 16.6. The summed E-state index contributed by atoms with van der Waals surface area (Å²) in [6, 6.07) is 16.0. The molecule has 4 rings (SSSR count). The van der Waals surface area contributed by atoms with E-state index in [0.717, 1.165) is 37.0 Å². The van der Waals surface area contributed by atoms with Gasteiger partial charge in [-0.2, -0.15) is 0 Å². The Bertz CT molecular complexity index is 843. The van der Waals surface area contributed by atoms with Gasteiger partial charge < -0.3 is 19.7 Å². The molecular formula is C23H28N2O3. The molecule has 0 saturated heterocycles. The van der Waals surface area contributed by atoms with E-state index >= 15 is 0 Å². The molecule has 5 heteroatoms. The van der Waals surface area contributed by atoms with Gasteiger partial charge in [0.15, 0.2) is 0 Å². The average molecular weight is 380 g/mol. The minimum Gasteiger partial charge on any atom is -0.497 e. The molecule has 0 unspecified atom stereocenters. The second-order valence-corrected chi connectivity index (χ2v) is 7.85. The molecule has 0 aromatic heterocycles. The minimum absolute atomic E-state index is 0.0225. The van der Waals surface area contributed by atoms with E-state index in [1.54, 1.807) is 7.11 Å². The summed E-state index contributed by atoms with van der Waals surface area (Å²) in [5.74, 6) is 1.63. The van der Waals surface area contributed by atoms with Crippen LogP contribution >= 0.6 is 0 Å². The first-order valence-corrected chi connectivity index (χ1v) is 10.00. The van der Waals surface area contributed by atoms with Gasteiger partial charge in [-0.15, -0.1) is 0 Å². The lowest BCUT2D eigenvalue weighted by Gasteiger charge is -2.41. The highest BCUT2D eigenvalue weighted by Gasteiger charge is 2.42. The molecule has 148 valence electrons. The third kappa shape index (κ3) is 3.72. The number of carbonyl (C=O) groups is 1. The van der Waals surface area contributed by atoms with Crippen LogP contribution in [0.25, 0.3) is 0 Å². The van der Waals surface area contributed by atoms with Crippen molar-refractivity contribution < 1.29 is 14.3 Å². The maximum atomic E-state index is 13.4. The van der Waals surface area contributed by atoms with Crippen LogP contribution in [-0.2, 0) is 6.54 Å². The van der Waals surface area contributed by atoms with Crippen LogP contribution in [0.3, 0.4) is 0 Å². The molecule has 1 heterocycles. The fourth-order valence-corrected chi connectivity index (χ4v) is 4.38. The zero-order valence-corrected chi connectivity index (χ0v) is 16.6. The van der Waals surface area contributed by atoms with Gasteiger partial charge in [0.25, 0.3) is 5.91 Å². The van der Waals surface area contributed by atoms with Crippen LogP contribution in [0.4, 0.5) is 0 Å². The lowest BCUT2D eigenvalue weighted by molar-refractivity contribution is 0.000428. The SMILES string of the molecule is CNC1CCC2(CC1)CN(C(=O)c1cccc(OC)c1)Cc1ccccc1O2. The van der Waals surface area contributed by atoms with Crippen molar-refractivity contribution in [1.82, 2.24) is 10.2 Å². The van der Waals surface area contributed by atoms with Gasteiger partial charge in [0.1, 0.15) is 17.1 Å². The van der Waals surface area contributed by atoms with E-state index in [9.17, 15) is 4.79 Å². The van der Waals surface area contributed by atoms with E-state index in [1.165, 1.54) is 0 Å². The van der Waals surface area contributed by atoms with Crippen LogP contribution in [0.1, 0.15) is 41.6 Å². The van der Waals surface area contributed by atoms with Crippen molar-refractivity contribution in [2.24, 2.45) is 0 Å². The number of nitrogens with one attached hydrogen (secondary N) is 1. The van der Waals surface area contributed by atoms with Crippen molar-refractivity contribution in [2.45, 2.75) is 43.9 Å². The number of fused-ring (bicyclic) bond motifs is 1. The van der Waals surface area contributed by atoms with Crippen LogP contribution < -0.4 is 14.8 Å². The highest BCUT2D eigenvalue weighted by Crippen LogP contribution is 2.38. The van der Waals surface area contributed by atoms with Gasteiger partial charge in [0.05, 0.1) is 13.7 Å². The third-order valence-electron chi connectivity index (χ3n) is 6.05. The molecule has 5 nitrogen and oxygen atoms in total. The maximum absolute atomic E-state index is 13.4. The summed E-state index contributed by atoms with van der Waals surface area (Å²) in [6.45, 7) is 1.16. The molecule has 28 heavy (non-hydrogen) atoms. The lowest BCUT2D eigenvalue weighted by Crippen LogP contribution is -2.51. The molecule has 1 amide bonds. The third-order valence-corrected chi connectivity index (χ3v) is 6.05. The van der Waals surface area contributed by atoms with E-state index in [0.29, 0.717) is 30.4 Å². The van der Waals surface area contributed by atoms with Crippen LogP contribution in [-0.4, -0.2) is 43.2 Å². The molecule has 0 radical (unpaired) electrons. The van der Waals surface area contributed by atoms with Gasteiger partial charge in [-0.3, -0.25) is 4.79 Å². The Kier molecular flexibility index (Phi) is 5.27. The first kappa shape index (κ1) is 18.8. The molecule has 1 spiro atoms. The predicted octanol–water partition coefficient (Wildman–Crippen LogP) is 3.63. The summed E-state index contributed by atoms with van der Waals surface area (Å²) >= 11 is 0. The number of carbonyl (C=O) groups excluding carboxylic acids is 1. The first-order valence-electron chi connectivity index (χ1n) is 10.00. The Balaban J connectivity index is 1.66. The summed E-state index contributed by atoms with van der Waals surface area (Å²) in [6.07, 6.45) is 3.99. The van der Waals surface area contributed by atoms with Crippen LogP contribution in [0.15, 0.2) is 48.5 Å². The van der Waals surface area contributed by atoms with Gasteiger partial charge in [0, 0.05) is 23.7 Å². The highest BCUT2D eigenvalue weighted by molar-refractivity contribution is 5.94. The summed E-state index contributed by atoms with van der Waals surface area (Å²) in [4.78, 5) is 15.3. The lowest BCUT2D eigenvalue weighted by atomic mass is 9.81. The number of nitrogens with zero attached hydrogens (tertiary/aromatic N) is 1. The van der Waals surface area contributed by atoms with Gasteiger partial charge in [0.2, 0.25) is 0 Å². The summed E-state index contributed by atoms with van der Waals surface area (Å²) < 4.78 is 11.9. The molecule has 1 N–H and O–H groups in total. The number of amides is 1. The van der Waals surface area contributed by atoms with Gasteiger partial charge in [-0.05, 0) is 57.0 Å². The largest absolute Gasteiger partial charge is 0.497 e. The van der Waals surface area contributed by atoms with Gasteiger partial charge >= 0.3 is 0 Å². The monoisotopic (exact) mass is 380 g/mol. The average Bonchev–Trinajstić information content (AvgIpc) is 2.90. The predicted molar refractivity (Wildman–Crippen MR) is 109 cm³/mol. The normalized spacial score (nSPS) is 24.2. The molecule has 1 aliphatic heterocycles. The molecular weight excluding hydrogens is 352 g/mol. The van der Waals surface area contributed by atoms with Crippen molar-refractivity contribution in [3.05, 3.63) is 59.7 Å². The molecule has 1 aliphatic carbocycles.